The second-order valence-electron chi connectivity index (χ2n) is 5.39. The third-order valence-corrected chi connectivity index (χ3v) is 3.68. The summed E-state index contributed by atoms with van der Waals surface area (Å²) in [5.74, 6) is -0.429. The summed E-state index contributed by atoms with van der Waals surface area (Å²) < 4.78 is 4.76. The van der Waals surface area contributed by atoms with Crippen molar-refractivity contribution in [3.8, 4) is 0 Å². The van der Waals surface area contributed by atoms with Gasteiger partial charge in [-0.05, 0) is 43.3 Å². The molecule has 0 aliphatic rings. The van der Waals surface area contributed by atoms with Gasteiger partial charge in [0.05, 0.1) is 10.7 Å². The number of amides is 2. The number of benzene rings is 2. The number of hydrogen-bond donors (Lipinski definition) is 3. The summed E-state index contributed by atoms with van der Waals surface area (Å²) in [6, 6.07) is 13.6. The molecule has 0 aliphatic heterocycles. The van der Waals surface area contributed by atoms with Crippen LogP contribution in [0.25, 0.3) is 0 Å². The second-order valence-corrected chi connectivity index (χ2v) is 5.80. The van der Waals surface area contributed by atoms with Crippen LogP contribution in [0.5, 0.6) is 0 Å². The van der Waals surface area contributed by atoms with E-state index in [1.54, 1.807) is 55.5 Å². The van der Waals surface area contributed by atoms with Gasteiger partial charge in [-0.15, -0.1) is 0 Å². The van der Waals surface area contributed by atoms with Gasteiger partial charge in [-0.25, -0.2) is 0 Å². The molecule has 25 heavy (non-hydrogen) atoms. The molecule has 0 bridgehead atoms. The van der Waals surface area contributed by atoms with Gasteiger partial charge in [-0.1, -0.05) is 23.7 Å². The molecule has 2 rings (SSSR count). The Morgan fingerprint density at radius 2 is 1.68 bits per heavy atom. The lowest BCUT2D eigenvalue weighted by molar-refractivity contribution is -0.119. The number of hydrogen-bond acceptors (Lipinski definition) is 4. The Kier molecular flexibility index (Phi) is 6.80. The lowest BCUT2D eigenvalue weighted by Gasteiger charge is -2.16. The summed E-state index contributed by atoms with van der Waals surface area (Å²) in [6.07, 6.45) is 0. The van der Waals surface area contributed by atoms with Crippen LogP contribution in [0.4, 0.5) is 17.1 Å². The summed E-state index contributed by atoms with van der Waals surface area (Å²) in [5, 5.41) is 9.06. The van der Waals surface area contributed by atoms with Gasteiger partial charge in [-0.2, -0.15) is 0 Å². The number of rotatable bonds is 7. The molecular weight excluding hydrogens is 342 g/mol. The second kappa shape index (κ2) is 9.05. The van der Waals surface area contributed by atoms with Gasteiger partial charge in [0.15, 0.2) is 0 Å². The minimum atomic E-state index is -0.467. The predicted octanol–water partition coefficient (Wildman–Crippen LogP) is 3.36. The molecule has 0 heterocycles. The van der Waals surface area contributed by atoms with E-state index in [2.05, 4.69) is 16.0 Å². The highest BCUT2D eigenvalue weighted by molar-refractivity contribution is 6.33. The molecule has 132 valence electrons. The fourth-order valence-corrected chi connectivity index (χ4v) is 2.28. The standard InChI is InChI=1S/C18H20ClN3O3/c1-12(18(24)22-16-6-4-3-5-15(16)19)20-13-7-9-14(10-8-13)21-17(23)11-25-2/h3-10,12,20H,11H2,1-2H3,(H,21,23)(H,22,24). The lowest BCUT2D eigenvalue weighted by atomic mass is 10.2. The molecule has 0 saturated heterocycles. The maximum atomic E-state index is 12.3. The third-order valence-electron chi connectivity index (χ3n) is 3.35. The summed E-state index contributed by atoms with van der Waals surface area (Å²) in [4.78, 5) is 23.7. The van der Waals surface area contributed by atoms with Crippen LogP contribution >= 0.6 is 11.6 Å². The van der Waals surface area contributed by atoms with E-state index in [0.29, 0.717) is 16.4 Å². The van der Waals surface area contributed by atoms with Crippen LogP contribution in [-0.4, -0.2) is 31.6 Å². The van der Waals surface area contributed by atoms with Crippen molar-refractivity contribution in [2.24, 2.45) is 0 Å². The van der Waals surface area contributed by atoms with E-state index in [1.165, 1.54) is 7.11 Å². The van der Waals surface area contributed by atoms with Crippen LogP contribution < -0.4 is 16.0 Å². The van der Waals surface area contributed by atoms with Gasteiger partial charge in [0, 0.05) is 18.5 Å². The fraction of sp³-hybridized carbons (Fsp3) is 0.222. The summed E-state index contributed by atoms with van der Waals surface area (Å²) in [6.45, 7) is 1.75. The van der Waals surface area contributed by atoms with Crippen molar-refractivity contribution in [2.45, 2.75) is 13.0 Å². The number of anilines is 3. The third kappa shape index (κ3) is 5.77. The summed E-state index contributed by atoms with van der Waals surface area (Å²) in [5.41, 5.74) is 1.98. The topological polar surface area (TPSA) is 79.5 Å². The molecule has 1 atom stereocenters. The quantitative estimate of drug-likeness (QED) is 0.706. The Morgan fingerprint density at radius 1 is 1.04 bits per heavy atom. The van der Waals surface area contributed by atoms with Gasteiger partial charge >= 0.3 is 0 Å². The molecule has 7 heteroatoms. The van der Waals surface area contributed by atoms with Crippen LogP contribution in [0, 0.1) is 0 Å². The molecule has 1 unspecified atom stereocenters. The molecule has 0 saturated carbocycles. The van der Waals surface area contributed by atoms with Gasteiger partial charge < -0.3 is 20.7 Å². The summed E-state index contributed by atoms with van der Waals surface area (Å²) in [7, 11) is 1.46. The Bertz CT molecular complexity index is 735. The number of halogens is 1. The number of nitrogens with one attached hydrogen (secondary N) is 3. The normalized spacial score (nSPS) is 11.5. The van der Waals surface area contributed by atoms with Gasteiger partial charge in [-0.3, -0.25) is 9.59 Å². The number of carbonyl (C=O) groups excluding carboxylic acids is 2. The Morgan fingerprint density at radius 3 is 2.32 bits per heavy atom. The van der Waals surface area contributed by atoms with Gasteiger partial charge in [0.2, 0.25) is 11.8 Å². The average molecular weight is 362 g/mol. The maximum absolute atomic E-state index is 12.3. The molecule has 2 aromatic carbocycles. The smallest absolute Gasteiger partial charge is 0.250 e. The van der Waals surface area contributed by atoms with E-state index in [9.17, 15) is 9.59 Å². The Hall–Kier alpha value is -2.57. The lowest BCUT2D eigenvalue weighted by Crippen LogP contribution is -2.31. The molecule has 0 fully saturated rings. The van der Waals surface area contributed by atoms with Crippen LogP contribution in [0.2, 0.25) is 5.02 Å². The SMILES string of the molecule is COCC(=O)Nc1ccc(NC(C)C(=O)Nc2ccccc2Cl)cc1. The highest BCUT2D eigenvalue weighted by Crippen LogP contribution is 2.21. The van der Waals surface area contributed by atoms with E-state index < -0.39 is 6.04 Å². The van der Waals surface area contributed by atoms with Crippen molar-refractivity contribution >= 4 is 40.5 Å². The number of carbonyl (C=O) groups is 2. The zero-order valence-electron chi connectivity index (χ0n) is 14.0. The van der Waals surface area contributed by atoms with E-state index in [0.717, 1.165) is 5.69 Å². The van der Waals surface area contributed by atoms with Gasteiger partial charge in [0.1, 0.15) is 12.6 Å². The van der Waals surface area contributed by atoms with Crippen LogP contribution in [0.3, 0.4) is 0 Å². The van der Waals surface area contributed by atoms with E-state index >= 15 is 0 Å². The Balaban J connectivity index is 1.91. The molecule has 6 nitrogen and oxygen atoms in total. The maximum Gasteiger partial charge on any atom is 0.250 e. The first-order chi connectivity index (χ1) is 12.0. The zero-order valence-corrected chi connectivity index (χ0v) is 14.8. The molecule has 2 aromatic rings. The van der Waals surface area contributed by atoms with Crippen molar-refractivity contribution in [1.82, 2.24) is 0 Å². The van der Waals surface area contributed by atoms with Crippen molar-refractivity contribution in [3.05, 3.63) is 53.6 Å². The molecule has 2 amide bonds. The van der Waals surface area contributed by atoms with Crippen LogP contribution in [-0.2, 0) is 14.3 Å². The van der Waals surface area contributed by atoms with E-state index in [4.69, 9.17) is 16.3 Å². The molecular formula is C18H20ClN3O3. The minimum Gasteiger partial charge on any atom is -0.375 e. The molecule has 0 aromatic heterocycles. The van der Waals surface area contributed by atoms with Gasteiger partial charge in [0.25, 0.3) is 0 Å². The highest BCUT2D eigenvalue weighted by Gasteiger charge is 2.14. The minimum absolute atomic E-state index is 0.000742. The molecule has 0 spiro atoms. The number of methoxy groups -OCH3 is 1. The average Bonchev–Trinajstić information content (AvgIpc) is 2.59. The van der Waals surface area contributed by atoms with Crippen molar-refractivity contribution < 1.29 is 14.3 Å². The Labute approximate surface area is 151 Å². The van der Waals surface area contributed by atoms with E-state index in [-0.39, 0.29) is 18.4 Å². The molecule has 0 radical (unpaired) electrons. The number of ether oxygens (including phenoxy) is 1. The highest BCUT2D eigenvalue weighted by atomic mass is 35.5. The van der Waals surface area contributed by atoms with Crippen molar-refractivity contribution in [1.29, 1.82) is 0 Å². The largest absolute Gasteiger partial charge is 0.375 e. The molecule has 0 aliphatic carbocycles. The fourth-order valence-electron chi connectivity index (χ4n) is 2.10. The first kappa shape index (κ1) is 18.8. The van der Waals surface area contributed by atoms with Crippen molar-refractivity contribution in [2.75, 3.05) is 29.7 Å². The zero-order chi connectivity index (χ0) is 18.2. The first-order valence-corrected chi connectivity index (χ1v) is 8.08. The summed E-state index contributed by atoms with van der Waals surface area (Å²) >= 11 is 6.04. The predicted molar refractivity (Wildman–Crippen MR) is 100 cm³/mol. The van der Waals surface area contributed by atoms with Crippen molar-refractivity contribution in [3.63, 3.8) is 0 Å². The number of para-hydroxylation sites is 1. The first-order valence-electron chi connectivity index (χ1n) is 7.70. The monoisotopic (exact) mass is 361 g/mol. The van der Waals surface area contributed by atoms with E-state index in [1.807, 2.05) is 0 Å². The molecule has 3 N–H and O–H groups in total. The van der Waals surface area contributed by atoms with Crippen LogP contribution in [0.15, 0.2) is 48.5 Å². The van der Waals surface area contributed by atoms with Crippen LogP contribution in [0.1, 0.15) is 6.92 Å².